The molecule has 4 nitrogen and oxygen atoms in total. The van der Waals surface area contributed by atoms with Crippen molar-refractivity contribution in [3.8, 4) is 11.1 Å². The normalized spacial score (nSPS) is 16.8. The number of benzene rings is 2. The Morgan fingerprint density at radius 1 is 0.960 bits per heavy atom. The van der Waals surface area contributed by atoms with Crippen molar-refractivity contribution in [3.63, 3.8) is 0 Å². The molecule has 0 spiro atoms. The van der Waals surface area contributed by atoms with Gasteiger partial charge in [-0.3, -0.25) is 0 Å². The Bertz CT molecular complexity index is 765. The lowest BCUT2D eigenvalue weighted by molar-refractivity contribution is 0.268. The van der Waals surface area contributed by atoms with Crippen LogP contribution in [0.4, 0.5) is 0 Å². The van der Waals surface area contributed by atoms with E-state index in [1.165, 1.54) is 0 Å². The maximum atomic E-state index is 12.9. The van der Waals surface area contributed by atoms with E-state index >= 15 is 0 Å². The van der Waals surface area contributed by atoms with Crippen LogP contribution in [0.1, 0.15) is 19.8 Å². The number of nitrogens with one attached hydrogen (secondary N) is 1. The van der Waals surface area contributed by atoms with Gasteiger partial charge in [0, 0.05) is 13.1 Å². The molecule has 1 N–H and O–H groups in total. The molecule has 1 saturated heterocycles. The van der Waals surface area contributed by atoms with E-state index in [0.717, 1.165) is 37.1 Å². The summed E-state index contributed by atoms with van der Waals surface area (Å²) in [4.78, 5) is 0.386. The molecule has 0 unspecified atom stereocenters. The van der Waals surface area contributed by atoms with Crippen LogP contribution >= 0.6 is 0 Å². The van der Waals surface area contributed by atoms with Crippen molar-refractivity contribution >= 4 is 10.0 Å². The molecule has 0 saturated carbocycles. The van der Waals surface area contributed by atoms with E-state index in [1.807, 2.05) is 42.5 Å². The number of hydrogen-bond donors (Lipinski definition) is 1. The second-order valence-corrected chi connectivity index (χ2v) is 8.48. The van der Waals surface area contributed by atoms with Crippen LogP contribution in [0, 0.1) is 5.92 Å². The van der Waals surface area contributed by atoms with Crippen LogP contribution in [-0.2, 0) is 10.0 Å². The highest BCUT2D eigenvalue weighted by molar-refractivity contribution is 7.89. The molecule has 5 heteroatoms. The molecule has 0 aromatic heterocycles. The molecule has 0 radical (unpaired) electrons. The molecule has 1 aliphatic rings. The van der Waals surface area contributed by atoms with Crippen molar-refractivity contribution in [2.24, 2.45) is 5.92 Å². The van der Waals surface area contributed by atoms with Gasteiger partial charge in [0.25, 0.3) is 0 Å². The minimum absolute atomic E-state index is 0.386. The fourth-order valence-electron chi connectivity index (χ4n) is 3.30. The highest BCUT2D eigenvalue weighted by Gasteiger charge is 2.29. The Morgan fingerprint density at radius 3 is 2.16 bits per heavy atom. The van der Waals surface area contributed by atoms with Crippen molar-refractivity contribution in [1.82, 2.24) is 9.62 Å². The van der Waals surface area contributed by atoms with Crippen LogP contribution in [0.25, 0.3) is 11.1 Å². The quantitative estimate of drug-likeness (QED) is 0.861. The van der Waals surface area contributed by atoms with Gasteiger partial charge < -0.3 is 5.32 Å². The van der Waals surface area contributed by atoms with Gasteiger partial charge in [0.15, 0.2) is 0 Å². The van der Waals surface area contributed by atoms with Crippen molar-refractivity contribution in [3.05, 3.63) is 54.6 Å². The van der Waals surface area contributed by atoms with Gasteiger partial charge in [-0.15, -0.1) is 0 Å². The lowest BCUT2D eigenvalue weighted by Crippen LogP contribution is -2.40. The first-order valence-electron chi connectivity index (χ1n) is 8.97. The first kappa shape index (κ1) is 18.1. The van der Waals surface area contributed by atoms with E-state index in [0.29, 0.717) is 23.9 Å². The van der Waals surface area contributed by atoms with Crippen LogP contribution in [0.3, 0.4) is 0 Å². The zero-order chi connectivity index (χ0) is 17.7. The third kappa shape index (κ3) is 4.29. The lowest BCUT2D eigenvalue weighted by Gasteiger charge is -2.31. The highest BCUT2D eigenvalue weighted by atomic mass is 32.2. The molecule has 2 aromatic rings. The van der Waals surface area contributed by atoms with Gasteiger partial charge in [-0.2, -0.15) is 4.31 Å². The van der Waals surface area contributed by atoms with Gasteiger partial charge in [-0.25, -0.2) is 8.42 Å². The van der Waals surface area contributed by atoms with Crippen molar-refractivity contribution in [1.29, 1.82) is 0 Å². The zero-order valence-corrected chi connectivity index (χ0v) is 15.5. The van der Waals surface area contributed by atoms with Crippen molar-refractivity contribution in [2.45, 2.75) is 24.7 Å². The fraction of sp³-hybridized carbons (Fsp3) is 0.400. The lowest BCUT2D eigenvalue weighted by atomic mass is 9.98. The maximum Gasteiger partial charge on any atom is 0.243 e. The van der Waals surface area contributed by atoms with E-state index in [9.17, 15) is 8.42 Å². The first-order chi connectivity index (χ1) is 12.1. The summed E-state index contributed by atoms with van der Waals surface area (Å²) in [7, 11) is -3.39. The minimum Gasteiger partial charge on any atom is -0.317 e. The van der Waals surface area contributed by atoms with E-state index < -0.39 is 10.0 Å². The predicted molar refractivity (Wildman–Crippen MR) is 102 cm³/mol. The van der Waals surface area contributed by atoms with E-state index in [1.54, 1.807) is 16.4 Å². The molecule has 2 aromatic carbocycles. The molecule has 134 valence electrons. The number of piperidine rings is 1. The standard InChI is InChI=1S/C20H26N2O2S/c1-2-21-16-17-12-14-22(15-13-17)25(23,24)20-10-8-19(9-11-20)18-6-4-3-5-7-18/h3-11,17,21H,2,12-16H2,1H3. The van der Waals surface area contributed by atoms with Gasteiger partial charge >= 0.3 is 0 Å². The summed E-state index contributed by atoms with van der Waals surface area (Å²) in [5.41, 5.74) is 2.12. The third-order valence-electron chi connectivity index (χ3n) is 4.86. The summed E-state index contributed by atoms with van der Waals surface area (Å²) in [5.74, 6) is 0.576. The topological polar surface area (TPSA) is 49.4 Å². The van der Waals surface area contributed by atoms with Gasteiger partial charge in [0.05, 0.1) is 4.90 Å². The maximum absolute atomic E-state index is 12.9. The molecule has 1 aliphatic heterocycles. The monoisotopic (exact) mass is 358 g/mol. The summed E-state index contributed by atoms with van der Waals surface area (Å²) in [6.45, 7) is 5.26. The van der Waals surface area contributed by atoms with Crippen molar-refractivity contribution in [2.75, 3.05) is 26.2 Å². The largest absolute Gasteiger partial charge is 0.317 e. The summed E-state index contributed by atoms with van der Waals surface area (Å²) in [5, 5.41) is 3.36. The Labute approximate surface area is 150 Å². The highest BCUT2D eigenvalue weighted by Crippen LogP contribution is 2.26. The Kier molecular flexibility index (Phi) is 5.89. The van der Waals surface area contributed by atoms with Gasteiger partial charge in [-0.05, 0) is 55.1 Å². The van der Waals surface area contributed by atoms with E-state index in [4.69, 9.17) is 0 Å². The van der Waals surface area contributed by atoms with Gasteiger partial charge in [0.2, 0.25) is 10.0 Å². The molecule has 25 heavy (non-hydrogen) atoms. The van der Waals surface area contributed by atoms with Crippen LogP contribution < -0.4 is 5.32 Å². The first-order valence-corrected chi connectivity index (χ1v) is 10.4. The Morgan fingerprint density at radius 2 is 1.56 bits per heavy atom. The minimum atomic E-state index is -3.39. The van der Waals surface area contributed by atoms with Crippen LogP contribution in [0.15, 0.2) is 59.5 Å². The number of nitrogens with zero attached hydrogens (tertiary/aromatic N) is 1. The van der Waals surface area contributed by atoms with Crippen molar-refractivity contribution < 1.29 is 8.42 Å². The van der Waals surface area contributed by atoms with E-state index in [2.05, 4.69) is 12.2 Å². The molecule has 0 atom stereocenters. The van der Waals surface area contributed by atoms with Crippen LogP contribution in [0.5, 0.6) is 0 Å². The Hall–Kier alpha value is -1.69. The summed E-state index contributed by atoms with van der Waals surface area (Å²) in [6.07, 6.45) is 1.85. The summed E-state index contributed by atoms with van der Waals surface area (Å²) in [6, 6.07) is 17.2. The SMILES string of the molecule is CCNCC1CCN(S(=O)(=O)c2ccc(-c3ccccc3)cc2)CC1. The average molecular weight is 359 g/mol. The third-order valence-corrected chi connectivity index (χ3v) is 6.77. The second kappa shape index (κ2) is 8.13. The van der Waals surface area contributed by atoms with Crippen LogP contribution in [-0.4, -0.2) is 38.9 Å². The second-order valence-electron chi connectivity index (χ2n) is 6.55. The molecule has 0 aliphatic carbocycles. The fourth-order valence-corrected chi connectivity index (χ4v) is 4.77. The average Bonchev–Trinajstić information content (AvgIpc) is 2.67. The molecule has 1 fully saturated rings. The predicted octanol–water partition coefficient (Wildman–Crippen LogP) is 3.36. The summed E-state index contributed by atoms with van der Waals surface area (Å²) >= 11 is 0. The number of sulfonamides is 1. The Balaban J connectivity index is 1.69. The molecule has 0 bridgehead atoms. The van der Waals surface area contributed by atoms with Gasteiger partial charge in [-0.1, -0.05) is 49.4 Å². The smallest absolute Gasteiger partial charge is 0.243 e. The molecule has 1 heterocycles. The number of hydrogen-bond acceptors (Lipinski definition) is 3. The molecule has 0 amide bonds. The molecule has 3 rings (SSSR count). The summed E-state index contributed by atoms with van der Waals surface area (Å²) < 4.78 is 27.4. The number of rotatable bonds is 6. The molecular formula is C20H26N2O2S. The molecular weight excluding hydrogens is 332 g/mol. The van der Waals surface area contributed by atoms with Crippen LogP contribution in [0.2, 0.25) is 0 Å². The van der Waals surface area contributed by atoms with Gasteiger partial charge in [0.1, 0.15) is 0 Å². The zero-order valence-electron chi connectivity index (χ0n) is 14.7. The van der Waals surface area contributed by atoms with E-state index in [-0.39, 0.29) is 0 Å².